The molecule has 0 aromatic carbocycles. The fourth-order valence-corrected chi connectivity index (χ4v) is 7.06. The number of β-amino-alcohol motifs (C(OH)–C–C–N with tert-alkyl or cyclic N) is 1. The molecule has 5 fully saturated rings. The molecule has 2 heterocycles. The Kier molecular flexibility index (Phi) is 5.51. The molecule has 32 heavy (non-hydrogen) atoms. The van der Waals surface area contributed by atoms with Gasteiger partial charge in [-0.05, 0) is 75.3 Å². The summed E-state index contributed by atoms with van der Waals surface area (Å²) in [5.41, 5.74) is -0.382. The molecule has 5 aliphatic rings. The number of nitrogens with zero attached hydrogens (tertiary/aromatic N) is 1. The van der Waals surface area contributed by atoms with Gasteiger partial charge in [0.2, 0.25) is 5.91 Å². The topological polar surface area (TPSA) is 109 Å². The lowest BCUT2D eigenvalue weighted by molar-refractivity contribution is -0.166. The fraction of sp³-hybridized carbons (Fsp3) is 0.708. The summed E-state index contributed by atoms with van der Waals surface area (Å²) in [5, 5.41) is 13.0. The van der Waals surface area contributed by atoms with Crippen molar-refractivity contribution in [2.24, 2.45) is 23.2 Å². The van der Waals surface area contributed by atoms with Crippen LogP contribution in [0.1, 0.15) is 63.7 Å². The first-order valence-electron chi connectivity index (χ1n) is 11.8. The highest BCUT2D eigenvalue weighted by molar-refractivity contribution is 5.90. The standard InChI is InChI=1S/C24H32N2O6/c1-14(20-3-2-4-31-20)25-21(28)13-32-22(29)19-8-18(27)12-26(19)23(30)24-9-15-5-16(10-24)7-17(6-15)11-24/h2-4,14-19,27H,5-13H2,1H3,(H,25,28)/t14-,15?,16?,17?,18-,19+,24?/m1/s1. The van der Waals surface area contributed by atoms with E-state index in [2.05, 4.69) is 5.32 Å². The Morgan fingerprint density at radius 1 is 1.19 bits per heavy atom. The SMILES string of the molecule is C[C@@H](NC(=O)COC(=O)[C@@H]1C[C@@H](O)CN1C(=O)C12CC3CC(CC(C3)C1)C2)c1ccco1. The second-order valence-corrected chi connectivity index (χ2v) is 10.5. The van der Waals surface area contributed by atoms with E-state index in [1.165, 1.54) is 25.5 Å². The Morgan fingerprint density at radius 2 is 1.84 bits per heavy atom. The summed E-state index contributed by atoms with van der Waals surface area (Å²) >= 11 is 0. The van der Waals surface area contributed by atoms with Crippen molar-refractivity contribution in [1.29, 1.82) is 0 Å². The molecule has 4 bridgehead atoms. The van der Waals surface area contributed by atoms with Crippen molar-refractivity contribution < 1.29 is 28.6 Å². The van der Waals surface area contributed by atoms with E-state index >= 15 is 0 Å². The molecule has 0 radical (unpaired) electrons. The fourth-order valence-electron chi connectivity index (χ4n) is 7.06. The van der Waals surface area contributed by atoms with E-state index in [4.69, 9.17) is 9.15 Å². The number of hydrogen-bond donors (Lipinski definition) is 2. The predicted molar refractivity (Wildman–Crippen MR) is 113 cm³/mol. The lowest BCUT2D eigenvalue weighted by Crippen LogP contribution is -2.56. The third-order valence-corrected chi connectivity index (χ3v) is 8.00. The van der Waals surface area contributed by atoms with Crippen molar-refractivity contribution in [2.45, 2.75) is 70.1 Å². The van der Waals surface area contributed by atoms with Crippen LogP contribution in [-0.4, -0.2) is 53.1 Å². The van der Waals surface area contributed by atoms with Gasteiger partial charge in [-0.25, -0.2) is 4.79 Å². The molecule has 2 N–H and O–H groups in total. The third-order valence-electron chi connectivity index (χ3n) is 8.00. The highest BCUT2D eigenvalue weighted by Gasteiger charge is 2.57. The molecule has 4 saturated carbocycles. The molecule has 2 amide bonds. The van der Waals surface area contributed by atoms with Crippen LogP contribution in [0.25, 0.3) is 0 Å². The number of esters is 1. The number of ether oxygens (including phenoxy) is 1. The first kappa shape index (κ1) is 21.5. The summed E-state index contributed by atoms with van der Waals surface area (Å²) in [6, 6.07) is 2.31. The van der Waals surface area contributed by atoms with Crippen molar-refractivity contribution in [3.8, 4) is 0 Å². The number of carbonyl (C=O) groups is 3. The Balaban J connectivity index is 1.20. The van der Waals surface area contributed by atoms with Crippen LogP contribution in [0.5, 0.6) is 0 Å². The van der Waals surface area contributed by atoms with E-state index in [1.807, 2.05) is 0 Å². The minimum atomic E-state index is -0.833. The normalized spacial score (nSPS) is 36.2. The van der Waals surface area contributed by atoms with Crippen molar-refractivity contribution in [3.63, 3.8) is 0 Å². The van der Waals surface area contributed by atoms with Crippen LogP contribution in [0.3, 0.4) is 0 Å². The smallest absolute Gasteiger partial charge is 0.329 e. The summed E-state index contributed by atoms with van der Waals surface area (Å²) in [6.07, 6.45) is 7.32. The highest BCUT2D eigenvalue weighted by atomic mass is 16.5. The molecule has 0 spiro atoms. The number of furan rings is 1. The van der Waals surface area contributed by atoms with Crippen LogP contribution in [0.4, 0.5) is 0 Å². The summed E-state index contributed by atoms with van der Waals surface area (Å²) in [6.45, 7) is 1.50. The maximum absolute atomic E-state index is 13.7. The summed E-state index contributed by atoms with van der Waals surface area (Å²) in [7, 11) is 0. The monoisotopic (exact) mass is 444 g/mol. The predicted octanol–water partition coefficient (Wildman–Crippen LogP) is 2.18. The van der Waals surface area contributed by atoms with E-state index in [0.29, 0.717) is 23.5 Å². The minimum Gasteiger partial charge on any atom is -0.467 e. The number of carbonyl (C=O) groups excluding carboxylic acids is 3. The lowest BCUT2D eigenvalue weighted by Gasteiger charge is -2.56. The molecule has 4 aliphatic carbocycles. The average molecular weight is 445 g/mol. The quantitative estimate of drug-likeness (QED) is 0.651. The van der Waals surface area contributed by atoms with E-state index in [-0.39, 0.29) is 30.3 Å². The molecule has 1 aromatic heterocycles. The van der Waals surface area contributed by atoms with Crippen LogP contribution >= 0.6 is 0 Å². The van der Waals surface area contributed by atoms with Gasteiger partial charge in [0.1, 0.15) is 11.8 Å². The Hall–Kier alpha value is -2.35. The van der Waals surface area contributed by atoms with E-state index in [1.54, 1.807) is 24.0 Å². The van der Waals surface area contributed by atoms with Crippen LogP contribution in [-0.2, 0) is 19.1 Å². The zero-order valence-corrected chi connectivity index (χ0v) is 18.5. The number of rotatable bonds is 6. The van der Waals surface area contributed by atoms with E-state index in [9.17, 15) is 19.5 Å². The summed E-state index contributed by atoms with van der Waals surface area (Å²) in [4.78, 5) is 40.3. The van der Waals surface area contributed by atoms with E-state index in [0.717, 1.165) is 19.3 Å². The van der Waals surface area contributed by atoms with Crippen molar-refractivity contribution in [3.05, 3.63) is 24.2 Å². The van der Waals surface area contributed by atoms with Gasteiger partial charge in [-0.2, -0.15) is 0 Å². The summed E-state index contributed by atoms with van der Waals surface area (Å²) in [5.74, 6) is 1.39. The molecular weight excluding hydrogens is 412 g/mol. The van der Waals surface area contributed by atoms with Crippen LogP contribution < -0.4 is 5.32 Å². The number of nitrogens with one attached hydrogen (secondary N) is 1. The van der Waals surface area contributed by atoms with Gasteiger partial charge in [0, 0.05) is 13.0 Å². The van der Waals surface area contributed by atoms with E-state index < -0.39 is 30.6 Å². The number of aliphatic hydroxyl groups is 1. The van der Waals surface area contributed by atoms with Gasteiger partial charge in [-0.15, -0.1) is 0 Å². The molecule has 6 rings (SSSR count). The molecule has 174 valence electrons. The van der Waals surface area contributed by atoms with Crippen molar-refractivity contribution in [2.75, 3.05) is 13.2 Å². The van der Waals surface area contributed by atoms with Gasteiger partial charge in [0.15, 0.2) is 6.61 Å². The Bertz CT molecular complexity index is 846. The Morgan fingerprint density at radius 3 is 2.44 bits per heavy atom. The van der Waals surface area contributed by atoms with Crippen LogP contribution in [0.15, 0.2) is 22.8 Å². The van der Waals surface area contributed by atoms with Gasteiger partial charge in [0.05, 0.1) is 23.8 Å². The molecule has 0 unspecified atom stereocenters. The third kappa shape index (κ3) is 3.93. The van der Waals surface area contributed by atoms with Gasteiger partial charge in [-0.1, -0.05) is 0 Å². The molecule has 8 heteroatoms. The maximum Gasteiger partial charge on any atom is 0.329 e. The number of likely N-dealkylation sites (tertiary alicyclic amines) is 1. The number of hydrogen-bond acceptors (Lipinski definition) is 6. The molecular formula is C24H32N2O6. The Labute approximate surface area is 187 Å². The number of amides is 2. The second-order valence-electron chi connectivity index (χ2n) is 10.5. The van der Waals surface area contributed by atoms with Crippen molar-refractivity contribution >= 4 is 17.8 Å². The van der Waals surface area contributed by atoms with Gasteiger partial charge in [0.25, 0.3) is 5.91 Å². The van der Waals surface area contributed by atoms with Crippen LogP contribution in [0, 0.1) is 23.2 Å². The first-order valence-corrected chi connectivity index (χ1v) is 11.8. The minimum absolute atomic E-state index is 0.00555. The highest BCUT2D eigenvalue weighted by Crippen LogP contribution is 2.60. The van der Waals surface area contributed by atoms with Gasteiger partial charge in [-0.3, -0.25) is 9.59 Å². The van der Waals surface area contributed by atoms with Gasteiger partial charge >= 0.3 is 5.97 Å². The molecule has 8 nitrogen and oxygen atoms in total. The zero-order valence-electron chi connectivity index (χ0n) is 18.5. The molecule has 1 saturated heterocycles. The maximum atomic E-state index is 13.7. The zero-order chi connectivity index (χ0) is 22.5. The first-order chi connectivity index (χ1) is 15.3. The summed E-state index contributed by atoms with van der Waals surface area (Å²) < 4.78 is 10.5. The molecule has 1 aliphatic heterocycles. The largest absolute Gasteiger partial charge is 0.467 e. The second kappa shape index (κ2) is 8.21. The van der Waals surface area contributed by atoms with Crippen LogP contribution in [0.2, 0.25) is 0 Å². The number of aliphatic hydroxyl groups excluding tert-OH is 1. The molecule has 1 aromatic rings. The van der Waals surface area contributed by atoms with Crippen molar-refractivity contribution in [1.82, 2.24) is 10.2 Å². The molecule has 3 atom stereocenters. The lowest BCUT2D eigenvalue weighted by atomic mass is 9.49. The van der Waals surface area contributed by atoms with Gasteiger partial charge < -0.3 is 24.5 Å². The average Bonchev–Trinajstić information content (AvgIpc) is 3.40.